The molecule has 0 saturated carbocycles. The van der Waals surface area contributed by atoms with E-state index in [1.165, 1.54) is 65.3 Å². The van der Waals surface area contributed by atoms with E-state index in [1.807, 2.05) is 25.7 Å². The van der Waals surface area contributed by atoms with Crippen LogP contribution in [0.1, 0.15) is 153 Å². The lowest BCUT2D eigenvalue weighted by molar-refractivity contribution is -0.149. The number of esters is 1. The van der Waals surface area contributed by atoms with Crippen LogP contribution in [-0.2, 0) is 35.1 Å². The van der Waals surface area contributed by atoms with Gasteiger partial charge in [0, 0.05) is 43.8 Å². The molecule has 3 unspecified atom stereocenters. The van der Waals surface area contributed by atoms with E-state index in [1.54, 1.807) is 11.4 Å². The van der Waals surface area contributed by atoms with Gasteiger partial charge in [-0.15, -0.1) is 11.3 Å². The summed E-state index contributed by atoms with van der Waals surface area (Å²) in [6.07, 6.45) is 10.2. The summed E-state index contributed by atoms with van der Waals surface area (Å²) >= 11 is 1.16. The number of nitrogens with zero attached hydrogens (tertiary/aromatic N) is 2. The van der Waals surface area contributed by atoms with Crippen LogP contribution < -0.4 is 27.4 Å². The third-order valence-electron chi connectivity index (χ3n) is 10.1. The summed E-state index contributed by atoms with van der Waals surface area (Å²) in [4.78, 5) is 78.2. The number of carboxylic acids is 1. The van der Waals surface area contributed by atoms with Gasteiger partial charge >= 0.3 is 11.9 Å². The number of carbonyl (C=O) groups excluding carboxylic acids is 5. The predicted molar refractivity (Wildman–Crippen MR) is 237 cm³/mol. The fraction of sp³-hybridized carbons (Fsp3) is 0.659. The Morgan fingerprint density at radius 3 is 2.23 bits per heavy atom. The summed E-state index contributed by atoms with van der Waals surface area (Å²) in [7, 11) is 0. The van der Waals surface area contributed by atoms with E-state index in [4.69, 9.17) is 15.3 Å². The molecule has 0 radical (unpaired) electrons. The van der Waals surface area contributed by atoms with E-state index in [9.17, 15) is 33.5 Å². The zero-order valence-corrected chi connectivity index (χ0v) is 38.2. The van der Waals surface area contributed by atoms with Gasteiger partial charge < -0.3 is 42.2 Å². The first-order valence-corrected chi connectivity index (χ1v) is 22.4. The molecule has 2 aromatic rings. The fourth-order valence-electron chi connectivity index (χ4n) is 6.79. The Morgan fingerprint density at radius 1 is 1.07 bits per heavy atom. The Morgan fingerprint density at radius 2 is 1.72 bits per heavy atom. The topological polar surface area (TPSA) is 236 Å². The van der Waals surface area contributed by atoms with Gasteiger partial charge in [-0.1, -0.05) is 65.9 Å². The van der Waals surface area contributed by atoms with Gasteiger partial charge in [-0.25, -0.2) is 9.37 Å². The van der Waals surface area contributed by atoms with Crippen LogP contribution in [0.2, 0.25) is 0 Å². The van der Waals surface area contributed by atoms with Crippen molar-refractivity contribution < 1.29 is 43.0 Å². The van der Waals surface area contributed by atoms with Gasteiger partial charge in [-0.2, -0.15) is 0 Å². The van der Waals surface area contributed by atoms with E-state index < -0.39 is 47.1 Å². The van der Waals surface area contributed by atoms with Crippen LogP contribution in [-0.4, -0.2) is 89.3 Å². The summed E-state index contributed by atoms with van der Waals surface area (Å²) < 4.78 is 20.6. The van der Waals surface area contributed by atoms with Crippen molar-refractivity contribution in [3.8, 4) is 0 Å². The number of carboxylic acid groups (broad SMARTS) is 1. The number of anilines is 1. The average Bonchev–Trinajstić information content (AvgIpc) is 3.71. The van der Waals surface area contributed by atoms with Gasteiger partial charge in [-0.3, -0.25) is 28.8 Å². The van der Waals surface area contributed by atoms with Gasteiger partial charge in [0.2, 0.25) is 18.2 Å². The molecule has 3 atom stereocenters. The Bertz CT molecular complexity index is 1640. The summed E-state index contributed by atoms with van der Waals surface area (Å²) in [5.41, 5.74) is 8.72. The molecular formula is C44H72FN7O8S. The summed E-state index contributed by atoms with van der Waals surface area (Å²) in [6.45, 7) is 15.4. The summed E-state index contributed by atoms with van der Waals surface area (Å²) in [6, 6.07) is 3.20. The molecule has 1 fully saturated rings. The number of unbranched alkanes of at least 4 members (excludes halogenated alkanes) is 4. The van der Waals surface area contributed by atoms with Gasteiger partial charge in [-0.05, 0) is 89.1 Å². The number of aliphatic carboxylic acids is 1. The molecular weight excluding hydrogens is 806 g/mol. The molecule has 1 saturated heterocycles. The second-order valence-electron chi connectivity index (χ2n) is 16.2. The molecule has 3 rings (SSSR count). The highest BCUT2D eigenvalue weighted by atomic mass is 32.1. The number of amides is 4. The van der Waals surface area contributed by atoms with Crippen LogP contribution in [0, 0.1) is 17.2 Å². The second kappa shape index (κ2) is 29.7. The third-order valence-corrected chi connectivity index (χ3v) is 11.1. The molecule has 1 aliphatic heterocycles. The zero-order chi connectivity index (χ0) is 46.0. The van der Waals surface area contributed by atoms with Gasteiger partial charge in [0.1, 0.15) is 16.5 Å². The number of nitrogens with one attached hydrogen (secondary N) is 3. The van der Waals surface area contributed by atoms with Crippen molar-refractivity contribution >= 4 is 53.1 Å². The molecule has 0 bridgehead atoms. The lowest BCUT2D eigenvalue weighted by Gasteiger charge is -2.36. The predicted octanol–water partition coefficient (Wildman–Crippen LogP) is 6.50. The van der Waals surface area contributed by atoms with E-state index in [-0.39, 0.29) is 55.0 Å². The number of hydrogen-bond donors (Lipinski definition) is 6. The first kappa shape index (κ1) is 54.5. The first-order chi connectivity index (χ1) is 28.9. The van der Waals surface area contributed by atoms with Crippen LogP contribution in [0.3, 0.4) is 0 Å². The minimum absolute atomic E-state index is 0.0185. The maximum absolute atomic E-state index is 14.8. The van der Waals surface area contributed by atoms with Crippen LogP contribution in [0.5, 0.6) is 0 Å². The van der Waals surface area contributed by atoms with E-state index in [0.29, 0.717) is 30.0 Å². The fourth-order valence-corrected chi connectivity index (χ4v) is 7.62. The average molecular weight is 878 g/mol. The Kier molecular flexibility index (Phi) is 26.6. The molecule has 15 nitrogen and oxygen atoms in total. The van der Waals surface area contributed by atoms with Crippen molar-refractivity contribution in [1.29, 1.82) is 0 Å². The standard InChI is InChI=1S/C38H58FN5O7S.C5H11N.CH3NO/c1-8-10-12-13-17-44(34(47)14-11-9-2)31(24(3)4)20-32(51-25(5)45)36-43-30(23-52-36)35(48)41-27(21-38(6,7)37(49)50)18-26-15-16-29(28(39)19-26)42-33(46)22-40;1-2-4-6-5-3-1;2-1-3/h15-16,19,23-24,27,31-32H,8-14,17-18,20-22,40H2,1-7H3,(H,41,48)(H,42,46)(H,49,50);6H,1-5H2;1H,(H2,2,3). The number of piperidine rings is 1. The number of rotatable bonds is 23. The molecule has 4 amide bonds. The lowest BCUT2D eigenvalue weighted by atomic mass is 9.84. The van der Waals surface area contributed by atoms with Crippen molar-refractivity contribution in [2.45, 2.75) is 150 Å². The van der Waals surface area contributed by atoms with Crippen LogP contribution in [0.25, 0.3) is 0 Å². The normalized spacial score (nSPS) is 13.9. The number of primary amides is 1. The molecule has 17 heteroatoms. The van der Waals surface area contributed by atoms with Crippen molar-refractivity contribution in [3.05, 3.63) is 45.7 Å². The molecule has 0 spiro atoms. The molecule has 2 heterocycles. The molecule has 1 aromatic carbocycles. The number of aromatic nitrogens is 1. The van der Waals surface area contributed by atoms with Crippen molar-refractivity contribution in [3.63, 3.8) is 0 Å². The first-order valence-electron chi connectivity index (χ1n) is 21.5. The second-order valence-corrected chi connectivity index (χ2v) is 17.1. The number of ether oxygens (including phenoxy) is 1. The maximum atomic E-state index is 14.8. The number of halogens is 1. The van der Waals surface area contributed by atoms with Crippen molar-refractivity contribution in [1.82, 2.24) is 20.5 Å². The van der Waals surface area contributed by atoms with Gasteiger partial charge in [0.15, 0.2) is 6.10 Å². The van der Waals surface area contributed by atoms with Crippen LogP contribution >= 0.6 is 11.3 Å². The monoisotopic (exact) mass is 878 g/mol. The summed E-state index contributed by atoms with van der Waals surface area (Å²) in [5.74, 6) is -3.29. The van der Waals surface area contributed by atoms with Crippen LogP contribution in [0.4, 0.5) is 10.1 Å². The van der Waals surface area contributed by atoms with Crippen molar-refractivity contribution in [2.24, 2.45) is 22.8 Å². The molecule has 344 valence electrons. The summed E-state index contributed by atoms with van der Waals surface area (Å²) in [5, 5.41) is 20.3. The molecule has 0 aliphatic carbocycles. The number of thiazole rings is 1. The van der Waals surface area contributed by atoms with Crippen molar-refractivity contribution in [2.75, 3.05) is 31.5 Å². The molecule has 1 aliphatic rings. The lowest BCUT2D eigenvalue weighted by Crippen LogP contribution is -2.45. The van der Waals surface area contributed by atoms with E-state index >= 15 is 0 Å². The largest absolute Gasteiger partial charge is 0.481 e. The number of benzene rings is 1. The molecule has 61 heavy (non-hydrogen) atoms. The minimum atomic E-state index is -1.23. The highest BCUT2D eigenvalue weighted by Gasteiger charge is 2.34. The smallest absolute Gasteiger partial charge is 0.309 e. The molecule has 8 N–H and O–H groups in total. The Labute approximate surface area is 365 Å². The number of nitrogens with two attached hydrogens (primary N) is 2. The van der Waals surface area contributed by atoms with E-state index in [0.717, 1.165) is 49.9 Å². The Balaban J connectivity index is 0.00000184. The highest BCUT2D eigenvalue weighted by Crippen LogP contribution is 2.32. The van der Waals surface area contributed by atoms with E-state index in [2.05, 4.69) is 33.6 Å². The highest BCUT2D eigenvalue weighted by molar-refractivity contribution is 7.09. The number of carbonyl (C=O) groups is 6. The quantitative estimate of drug-likeness (QED) is 0.0400. The van der Waals surface area contributed by atoms with Gasteiger partial charge in [0.25, 0.3) is 5.91 Å². The van der Waals surface area contributed by atoms with Gasteiger partial charge in [0.05, 0.1) is 17.6 Å². The number of hydrogen-bond acceptors (Lipinski definition) is 11. The minimum Gasteiger partial charge on any atom is -0.481 e. The third kappa shape index (κ3) is 21.2. The SMILES string of the molecule is C1CCNCC1.CCCCCCN(C(=O)CCCC)C(CC(OC(C)=O)c1nc(C(=O)NC(Cc2ccc(NC(=O)CN)c(F)c2)CC(C)(C)C(=O)O)cs1)C(C)C.NC=O. The zero-order valence-electron chi connectivity index (χ0n) is 37.4. The molecule has 1 aromatic heterocycles. The van der Waals surface area contributed by atoms with Crippen LogP contribution in [0.15, 0.2) is 23.6 Å². The Hall–Kier alpha value is -4.48. The maximum Gasteiger partial charge on any atom is 0.309 e.